The van der Waals surface area contributed by atoms with E-state index in [-0.39, 0.29) is 0 Å². The van der Waals surface area contributed by atoms with E-state index in [0.29, 0.717) is 4.64 Å². The highest BCUT2D eigenvalue weighted by atomic mass is 32.1. The third kappa shape index (κ3) is 1.94. The van der Waals surface area contributed by atoms with Crippen LogP contribution < -0.4 is 0 Å². The number of H-pyrrole nitrogens is 1. The number of rotatable bonds is 2. The number of pyridine rings is 1. The zero-order chi connectivity index (χ0) is 10.7. The van der Waals surface area contributed by atoms with Gasteiger partial charge in [0.2, 0.25) is 0 Å². The van der Waals surface area contributed by atoms with Crippen LogP contribution in [-0.4, -0.2) is 15.0 Å². The van der Waals surface area contributed by atoms with Crippen molar-refractivity contribution in [3.63, 3.8) is 0 Å². The number of aromatic nitrogens is 3. The summed E-state index contributed by atoms with van der Waals surface area (Å²) in [5.74, 6) is 0. The zero-order valence-electron chi connectivity index (χ0n) is 8.40. The third-order valence-electron chi connectivity index (χ3n) is 2.23. The van der Waals surface area contributed by atoms with Gasteiger partial charge in [-0.05, 0) is 18.6 Å². The molecule has 0 aliphatic heterocycles. The van der Waals surface area contributed by atoms with Crippen LogP contribution in [0.2, 0.25) is 0 Å². The van der Waals surface area contributed by atoms with E-state index in [1.807, 2.05) is 18.2 Å². The summed E-state index contributed by atoms with van der Waals surface area (Å²) >= 11 is 5.18. The molecule has 0 bridgehead atoms. The molecule has 15 heavy (non-hydrogen) atoms. The minimum atomic E-state index is 0.650. The fraction of sp³-hybridized carbons (Fsp3) is 0.182. The van der Waals surface area contributed by atoms with Crippen molar-refractivity contribution in [2.24, 2.45) is 0 Å². The van der Waals surface area contributed by atoms with E-state index in [1.54, 1.807) is 12.5 Å². The molecule has 76 valence electrons. The Morgan fingerprint density at radius 2 is 2.20 bits per heavy atom. The minimum absolute atomic E-state index is 0.650. The maximum Gasteiger partial charge on any atom is 0.133 e. The van der Waals surface area contributed by atoms with Crippen molar-refractivity contribution in [3.8, 4) is 11.4 Å². The van der Waals surface area contributed by atoms with Gasteiger partial charge in [0.1, 0.15) is 4.64 Å². The van der Waals surface area contributed by atoms with Gasteiger partial charge in [0.25, 0.3) is 0 Å². The van der Waals surface area contributed by atoms with Crippen LogP contribution in [0.3, 0.4) is 0 Å². The summed E-state index contributed by atoms with van der Waals surface area (Å²) in [5.41, 5.74) is 2.92. The van der Waals surface area contributed by atoms with Crippen molar-refractivity contribution in [3.05, 3.63) is 40.9 Å². The fourth-order valence-corrected chi connectivity index (χ4v) is 1.79. The van der Waals surface area contributed by atoms with Crippen molar-refractivity contribution < 1.29 is 0 Å². The van der Waals surface area contributed by atoms with E-state index in [2.05, 4.69) is 21.9 Å². The van der Waals surface area contributed by atoms with Crippen molar-refractivity contribution in [2.75, 3.05) is 0 Å². The van der Waals surface area contributed by atoms with Crippen LogP contribution in [0.4, 0.5) is 0 Å². The highest BCUT2D eigenvalue weighted by molar-refractivity contribution is 7.71. The SMILES string of the molecule is CCc1c(-c2ccccn2)[nH]cnc1=S. The fourth-order valence-electron chi connectivity index (χ4n) is 1.49. The second kappa shape index (κ2) is 4.31. The highest BCUT2D eigenvalue weighted by Gasteiger charge is 2.06. The van der Waals surface area contributed by atoms with E-state index in [0.717, 1.165) is 23.4 Å². The molecule has 0 saturated carbocycles. The van der Waals surface area contributed by atoms with Crippen molar-refractivity contribution in [2.45, 2.75) is 13.3 Å². The molecule has 0 aliphatic rings. The molecule has 0 aromatic carbocycles. The summed E-state index contributed by atoms with van der Waals surface area (Å²) < 4.78 is 0.650. The first-order valence-corrected chi connectivity index (χ1v) is 5.21. The number of nitrogens with zero attached hydrogens (tertiary/aromatic N) is 2. The maximum atomic E-state index is 5.18. The van der Waals surface area contributed by atoms with Gasteiger partial charge >= 0.3 is 0 Å². The quantitative estimate of drug-likeness (QED) is 0.786. The lowest BCUT2D eigenvalue weighted by atomic mass is 10.1. The molecular formula is C11H11N3S. The Hall–Kier alpha value is -1.55. The van der Waals surface area contributed by atoms with Gasteiger partial charge in [-0.2, -0.15) is 0 Å². The maximum absolute atomic E-state index is 5.18. The Bertz CT molecular complexity index is 505. The van der Waals surface area contributed by atoms with Crippen molar-refractivity contribution >= 4 is 12.2 Å². The van der Waals surface area contributed by atoms with Crippen LogP contribution in [-0.2, 0) is 6.42 Å². The van der Waals surface area contributed by atoms with E-state index < -0.39 is 0 Å². The van der Waals surface area contributed by atoms with Gasteiger partial charge in [0.05, 0.1) is 17.7 Å². The van der Waals surface area contributed by atoms with Crippen LogP contribution in [0.1, 0.15) is 12.5 Å². The second-order valence-electron chi connectivity index (χ2n) is 3.13. The van der Waals surface area contributed by atoms with Gasteiger partial charge in [-0.25, -0.2) is 4.98 Å². The van der Waals surface area contributed by atoms with Gasteiger partial charge in [-0.15, -0.1) is 0 Å². The van der Waals surface area contributed by atoms with Crippen LogP contribution >= 0.6 is 12.2 Å². The van der Waals surface area contributed by atoms with Crippen LogP contribution in [0.15, 0.2) is 30.7 Å². The lowest BCUT2D eigenvalue weighted by Gasteiger charge is -2.05. The second-order valence-corrected chi connectivity index (χ2v) is 3.52. The predicted octanol–water partition coefficient (Wildman–Crippen LogP) is 2.76. The first-order valence-electron chi connectivity index (χ1n) is 4.81. The molecule has 0 saturated heterocycles. The third-order valence-corrected chi connectivity index (χ3v) is 2.58. The minimum Gasteiger partial charge on any atom is -0.344 e. The monoisotopic (exact) mass is 217 g/mol. The Labute approximate surface area is 93.2 Å². The van der Waals surface area contributed by atoms with Gasteiger partial charge < -0.3 is 4.98 Å². The molecule has 2 rings (SSSR count). The normalized spacial score (nSPS) is 10.2. The first kappa shape index (κ1) is 9.98. The van der Waals surface area contributed by atoms with E-state index in [9.17, 15) is 0 Å². The molecule has 0 spiro atoms. The smallest absolute Gasteiger partial charge is 0.133 e. The van der Waals surface area contributed by atoms with Crippen LogP contribution in [0.25, 0.3) is 11.4 Å². The summed E-state index contributed by atoms with van der Waals surface area (Å²) in [7, 11) is 0. The van der Waals surface area contributed by atoms with Gasteiger partial charge in [0.15, 0.2) is 0 Å². The standard InChI is InChI=1S/C11H11N3S/c1-2-8-10(13-7-14-11(8)15)9-5-3-4-6-12-9/h3-7H,2H2,1H3,(H,13,14,15). The van der Waals surface area contributed by atoms with Gasteiger partial charge in [-0.1, -0.05) is 25.2 Å². The Morgan fingerprint density at radius 3 is 2.87 bits per heavy atom. The molecule has 4 heteroatoms. The molecule has 0 atom stereocenters. The highest BCUT2D eigenvalue weighted by Crippen LogP contribution is 2.18. The molecule has 0 unspecified atom stereocenters. The van der Waals surface area contributed by atoms with Crippen molar-refractivity contribution in [1.82, 2.24) is 15.0 Å². The van der Waals surface area contributed by atoms with Crippen LogP contribution in [0, 0.1) is 4.64 Å². The van der Waals surface area contributed by atoms with Gasteiger partial charge in [-0.3, -0.25) is 4.98 Å². The topological polar surface area (TPSA) is 41.6 Å². The summed E-state index contributed by atoms with van der Waals surface area (Å²) in [6.45, 7) is 2.06. The average molecular weight is 217 g/mol. The summed E-state index contributed by atoms with van der Waals surface area (Å²) in [6.07, 6.45) is 4.24. The Kier molecular flexibility index (Phi) is 2.87. The predicted molar refractivity (Wildman–Crippen MR) is 62.0 cm³/mol. The number of hydrogen-bond donors (Lipinski definition) is 1. The zero-order valence-corrected chi connectivity index (χ0v) is 9.21. The molecule has 0 aliphatic carbocycles. The average Bonchev–Trinajstić information content (AvgIpc) is 2.30. The molecule has 3 nitrogen and oxygen atoms in total. The molecule has 0 amide bonds. The number of nitrogens with one attached hydrogen (secondary N) is 1. The lowest BCUT2D eigenvalue weighted by molar-refractivity contribution is 1.03. The van der Waals surface area contributed by atoms with Crippen molar-refractivity contribution in [1.29, 1.82) is 0 Å². The Morgan fingerprint density at radius 1 is 1.33 bits per heavy atom. The molecule has 1 N–H and O–H groups in total. The molecule has 2 heterocycles. The van der Waals surface area contributed by atoms with Crippen LogP contribution in [0.5, 0.6) is 0 Å². The molecule has 2 aromatic heterocycles. The number of aromatic amines is 1. The Balaban J connectivity index is 2.63. The summed E-state index contributed by atoms with van der Waals surface area (Å²) in [5, 5.41) is 0. The lowest BCUT2D eigenvalue weighted by Crippen LogP contribution is -1.96. The molecular weight excluding hydrogens is 206 g/mol. The molecule has 0 fully saturated rings. The molecule has 2 aromatic rings. The van der Waals surface area contributed by atoms with Gasteiger partial charge in [0, 0.05) is 11.8 Å². The largest absolute Gasteiger partial charge is 0.344 e. The van der Waals surface area contributed by atoms with E-state index in [4.69, 9.17) is 12.2 Å². The molecule has 0 radical (unpaired) electrons. The summed E-state index contributed by atoms with van der Waals surface area (Å²) in [6, 6.07) is 5.81. The number of hydrogen-bond acceptors (Lipinski definition) is 3. The first-order chi connectivity index (χ1) is 7.33. The summed E-state index contributed by atoms with van der Waals surface area (Å²) in [4.78, 5) is 11.5. The van der Waals surface area contributed by atoms with E-state index >= 15 is 0 Å². The van der Waals surface area contributed by atoms with E-state index in [1.165, 1.54) is 0 Å².